The Kier molecular flexibility index (Phi) is 5.48. The number of aromatic nitrogens is 4. The second-order valence-corrected chi connectivity index (χ2v) is 7.00. The van der Waals surface area contributed by atoms with Crippen LogP contribution in [0, 0.1) is 12.7 Å². The van der Waals surface area contributed by atoms with Gasteiger partial charge in [-0.1, -0.05) is 24.3 Å². The number of urea groups is 1. The molecule has 3 aromatic rings. The first-order valence-corrected chi connectivity index (χ1v) is 9.47. The van der Waals surface area contributed by atoms with Crippen LogP contribution in [0.5, 0.6) is 0 Å². The highest BCUT2D eigenvalue weighted by Crippen LogP contribution is 2.16. The van der Waals surface area contributed by atoms with Crippen molar-refractivity contribution in [1.82, 2.24) is 30.0 Å². The van der Waals surface area contributed by atoms with E-state index in [4.69, 9.17) is 0 Å². The van der Waals surface area contributed by atoms with Crippen LogP contribution in [-0.4, -0.2) is 62.2 Å². The maximum absolute atomic E-state index is 13.5. The lowest BCUT2D eigenvalue weighted by Gasteiger charge is -2.34. The van der Waals surface area contributed by atoms with Crippen LogP contribution in [0.3, 0.4) is 0 Å². The number of nitrogens with zero attached hydrogens (tertiary/aromatic N) is 6. The molecular formula is C20H22FN7O. The second-order valence-electron chi connectivity index (χ2n) is 7.00. The van der Waals surface area contributed by atoms with E-state index >= 15 is 0 Å². The molecule has 0 unspecified atom stereocenters. The van der Waals surface area contributed by atoms with Crippen molar-refractivity contribution in [2.45, 2.75) is 13.5 Å². The fraction of sp³-hybridized carbons (Fsp3) is 0.300. The number of piperazine rings is 1. The maximum atomic E-state index is 13.5. The summed E-state index contributed by atoms with van der Waals surface area (Å²) >= 11 is 0. The second kappa shape index (κ2) is 8.36. The van der Waals surface area contributed by atoms with E-state index in [-0.39, 0.29) is 11.8 Å². The molecule has 1 fully saturated rings. The number of rotatable bonds is 4. The van der Waals surface area contributed by atoms with Crippen LogP contribution < -0.4 is 5.32 Å². The third kappa shape index (κ3) is 4.40. The van der Waals surface area contributed by atoms with Gasteiger partial charge in [-0.25, -0.2) is 9.18 Å². The number of aryl methyl sites for hydroxylation is 1. The zero-order valence-electron chi connectivity index (χ0n) is 16.1. The van der Waals surface area contributed by atoms with Gasteiger partial charge in [0.05, 0.1) is 12.2 Å². The topological polar surface area (TPSA) is 79.2 Å². The average molecular weight is 395 g/mol. The van der Waals surface area contributed by atoms with E-state index in [9.17, 15) is 9.18 Å². The van der Waals surface area contributed by atoms with E-state index in [0.29, 0.717) is 44.2 Å². The molecule has 150 valence electrons. The fourth-order valence-electron chi connectivity index (χ4n) is 3.33. The largest absolute Gasteiger partial charge is 0.322 e. The van der Waals surface area contributed by atoms with Crippen LogP contribution >= 0.6 is 0 Å². The van der Waals surface area contributed by atoms with Gasteiger partial charge < -0.3 is 10.2 Å². The van der Waals surface area contributed by atoms with E-state index in [1.54, 1.807) is 21.7 Å². The number of amides is 2. The molecule has 4 rings (SSSR count). The predicted octanol–water partition coefficient (Wildman–Crippen LogP) is 2.46. The molecule has 1 aliphatic rings. The summed E-state index contributed by atoms with van der Waals surface area (Å²) in [5.74, 6) is 0.297. The van der Waals surface area contributed by atoms with E-state index in [0.717, 1.165) is 11.3 Å². The molecule has 1 aromatic heterocycles. The molecule has 1 aliphatic heterocycles. The van der Waals surface area contributed by atoms with Gasteiger partial charge in [-0.2, -0.15) is 4.68 Å². The fourth-order valence-corrected chi connectivity index (χ4v) is 3.33. The van der Waals surface area contributed by atoms with E-state index in [2.05, 4.69) is 25.7 Å². The van der Waals surface area contributed by atoms with Crippen LogP contribution in [0.2, 0.25) is 0 Å². The third-order valence-electron chi connectivity index (χ3n) is 5.00. The van der Waals surface area contributed by atoms with Crippen LogP contribution in [-0.2, 0) is 6.54 Å². The summed E-state index contributed by atoms with van der Waals surface area (Å²) in [5.41, 5.74) is 2.44. The standard InChI is InChI=1S/C20H22FN7O/c1-15-5-2-3-8-18(15)22-20(29)27-11-9-26(10-12-27)14-19-23-24-25-28(19)17-7-4-6-16(21)13-17/h2-8,13H,9-12,14H2,1H3,(H,22,29). The lowest BCUT2D eigenvalue weighted by atomic mass is 10.2. The first-order chi connectivity index (χ1) is 14.1. The molecule has 29 heavy (non-hydrogen) atoms. The van der Waals surface area contributed by atoms with Crippen molar-refractivity contribution in [3.8, 4) is 5.69 Å². The van der Waals surface area contributed by atoms with Crippen molar-refractivity contribution in [2.24, 2.45) is 0 Å². The first kappa shape index (κ1) is 19.0. The van der Waals surface area contributed by atoms with Gasteiger partial charge in [-0.3, -0.25) is 4.90 Å². The molecule has 0 saturated carbocycles. The van der Waals surface area contributed by atoms with Crippen molar-refractivity contribution in [2.75, 3.05) is 31.5 Å². The van der Waals surface area contributed by atoms with Gasteiger partial charge in [-0.15, -0.1) is 5.10 Å². The number of hydrogen-bond acceptors (Lipinski definition) is 5. The van der Waals surface area contributed by atoms with Crippen LogP contribution in [0.4, 0.5) is 14.9 Å². The number of anilines is 1. The summed E-state index contributed by atoms with van der Waals surface area (Å²) in [6.45, 7) is 5.13. The Hall–Kier alpha value is -3.33. The monoisotopic (exact) mass is 395 g/mol. The van der Waals surface area contributed by atoms with Gasteiger partial charge >= 0.3 is 6.03 Å². The Labute approximate surface area is 167 Å². The van der Waals surface area contributed by atoms with Crippen LogP contribution in [0.25, 0.3) is 5.69 Å². The molecule has 0 spiro atoms. The predicted molar refractivity (Wildman–Crippen MR) is 106 cm³/mol. The highest BCUT2D eigenvalue weighted by molar-refractivity contribution is 5.90. The number of halogens is 1. The number of benzene rings is 2. The number of nitrogens with one attached hydrogen (secondary N) is 1. The van der Waals surface area contributed by atoms with E-state index in [1.165, 1.54) is 12.1 Å². The molecule has 8 nitrogen and oxygen atoms in total. The van der Waals surface area contributed by atoms with Gasteiger partial charge in [0.2, 0.25) is 0 Å². The highest BCUT2D eigenvalue weighted by atomic mass is 19.1. The summed E-state index contributed by atoms with van der Waals surface area (Å²) in [6, 6.07) is 13.8. The van der Waals surface area contributed by atoms with Crippen molar-refractivity contribution in [3.05, 3.63) is 65.7 Å². The Morgan fingerprint density at radius 3 is 2.66 bits per heavy atom. The quantitative estimate of drug-likeness (QED) is 0.734. The van der Waals surface area contributed by atoms with Crippen LogP contribution in [0.15, 0.2) is 48.5 Å². The van der Waals surface area contributed by atoms with E-state index in [1.807, 2.05) is 31.2 Å². The molecule has 2 aromatic carbocycles. The zero-order valence-corrected chi connectivity index (χ0v) is 16.1. The molecule has 0 radical (unpaired) electrons. The van der Waals surface area contributed by atoms with Gasteiger partial charge in [0.1, 0.15) is 5.82 Å². The smallest absolute Gasteiger partial charge is 0.321 e. The Balaban J connectivity index is 1.35. The molecule has 2 heterocycles. The minimum atomic E-state index is -0.336. The molecule has 0 aliphatic carbocycles. The van der Waals surface area contributed by atoms with Crippen LogP contribution in [0.1, 0.15) is 11.4 Å². The van der Waals surface area contributed by atoms with Gasteiger partial charge in [0.25, 0.3) is 0 Å². The Morgan fingerprint density at radius 1 is 1.10 bits per heavy atom. The van der Waals surface area contributed by atoms with E-state index < -0.39 is 0 Å². The SMILES string of the molecule is Cc1ccccc1NC(=O)N1CCN(Cc2nnnn2-c2cccc(F)c2)CC1. The maximum Gasteiger partial charge on any atom is 0.321 e. The molecule has 9 heteroatoms. The molecule has 2 amide bonds. The molecular weight excluding hydrogens is 373 g/mol. The number of tetrazole rings is 1. The minimum Gasteiger partial charge on any atom is -0.322 e. The Morgan fingerprint density at radius 2 is 1.90 bits per heavy atom. The first-order valence-electron chi connectivity index (χ1n) is 9.47. The van der Waals surface area contributed by atoms with Gasteiger partial charge in [0, 0.05) is 31.9 Å². The number of carbonyl (C=O) groups excluding carboxylic acids is 1. The molecule has 1 saturated heterocycles. The highest BCUT2D eigenvalue weighted by Gasteiger charge is 2.23. The molecule has 1 N–H and O–H groups in total. The lowest BCUT2D eigenvalue weighted by molar-refractivity contribution is 0.140. The number of hydrogen-bond donors (Lipinski definition) is 1. The lowest BCUT2D eigenvalue weighted by Crippen LogP contribution is -2.49. The Bertz CT molecular complexity index is 998. The van der Waals surface area contributed by atoms with Crippen molar-refractivity contribution in [3.63, 3.8) is 0 Å². The number of carbonyl (C=O) groups is 1. The normalized spacial score (nSPS) is 14.8. The summed E-state index contributed by atoms with van der Waals surface area (Å²) in [6.07, 6.45) is 0. The summed E-state index contributed by atoms with van der Waals surface area (Å²) in [5, 5.41) is 14.8. The van der Waals surface area contributed by atoms with Gasteiger partial charge in [0.15, 0.2) is 5.82 Å². The average Bonchev–Trinajstić information content (AvgIpc) is 3.18. The van der Waals surface area contributed by atoms with Crippen molar-refractivity contribution < 1.29 is 9.18 Å². The minimum absolute atomic E-state index is 0.0939. The summed E-state index contributed by atoms with van der Waals surface area (Å²) < 4.78 is 15.1. The molecule has 0 atom stereocenters. The van der Waals surface area contributed by atoms with Crippen molar-refractivity contribution >= 4 is 11.7 Å². The number of para-hydroxylation sites is 1. The zero-order chi connectivity index (χ0) is 20.2. The summed E-state index contributed by atoms with van der Waals surface area (Å²) in [7, 11) is 0. The molecule has 0 bridgehead atoms. The summed E-state index contributed by atoms with van der Waals surface area (Å²) in [4.78, 5) is 16.5. The third-order valence-corrected chi connectivity index (χ3v) is 5.00. The van der Waals surface area contributed by atoms with Crippen molar-refractivity contribution in [1.29, 1.82) is 0 Å². The van der Waals surface area contributed by atoms with Gasteiger partial charge in [-0.05, 0) is 47.2 Å².